The van der Waals surface area contributed by atoms with Crippen molar-refractivity contribution in [3.63, 3.8) is 0 Å². The molecule has 0 aliphatic rings. The Balaban J connectivity index is 0.000000197. The standard InChI is InChI=1S/C18H16FNO5S2.C17H14FNO3S/c1-26(21,22)17-9-4-3-7-13(17)14-10-12-6-5-8-15(19)18(12)20-16(14)11-25-27(2,23)24;1-23(21,22)16-8-3-2-6-12(16)13-9-11-5-4-7-14(18)17(11)19-15(13)10-20/h3-10H,11H2,1-2H3;2-9,20H,10H2,1H3. The molecule has 6 rings (SSSR count). The van der Waals surface area contributed by atoms with Crippen molar-refractivity contribution in [2.24, 2.45) is 0 Å². The second-order valence-electron chi connectivity index (χ2n) is 11.2. The molecule has 6 aromatic rings. The van der Waals surface area contributed by atoms with Crippen LogP contribution in [0.1, 0.15) is 11.4 Å². The normalized spacial score (nSPS) is 12.1. The first-order valence-electron chi connectivity index (χ1n) is 14.7. The highest BCUT2D eigenvalue weighted by Crippen LogP contribution is 2.34. The Kier molecular flexibility index (Phi) is 10.5. The van der Waals surface area contributed by atoms with Crippen LogP contribution in [0.25, 0.3) is 44.1 Å². The highest BCUT2D eigenvalue weighted by atomic mass is 32.2. The number of halogens is 2. The summed E-state index contributed by atoms with van der Waals surface area (Å²) in [6.45, 7) is -0.867. The topological polar surface area (TPSA) is 158 Å². The van der Waals surface area contributed by atoms with Gasteiger partial charge in [-0.2, -0.15) is 8.42 Å². The van der Waals surface area contributed by atoms with E-state index in [2.05, 4.69) is 9.97 Å². The van der Waals surface area contributed by atoms with Gasteiger partial charge < -0.3 is 5.11 Å². The number of aliphatic hydroxyl groups is 1. The molecule has 0 spiro atoms. The van der Waals surface area contributed by atoms with Gasteiger partial charge in [0.2, 0.25) is 0 Å². The lowest BCUT2D eigenvalue weighted by atomic mass is 10.0. The van der Waals surface area contributed by atoms with Crippen molar-refractivity contribution in [1.29, 1.82) is 0 Å². The Morgan fingerprint density at radius 1 is 0.580 bits per heavy atom. The molecule has 0 saturated heterocycles. The summed E-state index contributed by atoms with van der Waals surface area (Å²) in [7, 11) is -10.8. The largest absolute Gasteiger partial charge is 0.390 e. The lowest BCUT2D eigenvalue weighted by molar-refractivity contribution is 0.278. The van der Waals surface area contributed by atoms with Gasteiger partial charge in [0.1, 0.15) is 29.3 Å². The third-order valence-electron chi connectivity index (χ3n) is 7.46. The van der Waals surface area contributed by atoms with Crippen molar-refractivity contribution in [1.82, 2.24) is 9.97 Å². The summed E-state index contributed by atoms with van der Waals surface area (Å²) in [5.41, 5.74) is 2.17. The van der Waals surface area contributed by atoms with Gasteiger partial charge in [-0.15, -0.1) is 0 Å². The quantitative estimate of drug-likeness (QED) is 0.188. The number of hydrogen-bond donors (Lipinski definition) is 1. The molecule has 10 nitrogen and oxygen atoms in total. The van der Waals surface area contributed by atoms with E-state index in [0.29, 0.717) is 33.0 Å². The van der Waals surface area contributed by atoms with E-state index in [1.807, 2.05) is 0 Å². The fourth-order valence-electron chi connectivity index (χ4n) is 5.29. The fraction of sp³-hybridized carbons (Fsp3) is 0.143. The first-order chi connectivity index (χ1) is 23.5. The molecule has 2 heterocycles. The second kappa shape index (κ2) is 14.3. The number of aromatic nitrogens is 2. The minimum atomic E-state index is -3.78. The van der Waals surface area contributed by atoms with Crippen LogP contribution in [-0.2, 0) is 47.2 Å². The van der Waals surface area contributed by atoms with Crippen molar-refractivity contribution in [2.45, 2.75) is 23.0 Å². The molecule has 2 aromatic heterocycles. The number of benzene rings is 4. The van der Waals surface area contributed by atoms with Crippen LogP contribution in [0.3, 0.4) is 0 Å². The van der Waals surface area contributed by atoms with Crippen LogP contribution >= 0.6 is 0 Å². The maximum Gasteiger partial charge on any atom is 0.264 e. The van der Waals surface area contributed by atoms with E-state index in [1.165, 1.54) is 30.3 Å². The average molecular weight is 741 g/mol. The molecule has 0 fully saturated rings. The van der Waals surface area contributed by atoms with Crippen LogP contribution in [0, 0.1) is 11.6 Å². The molecular weight excluding hydrogens is 711 g/mol. The second-order valence-corrected chi connectivity index (χ2v) is 16.9. The number of nitrogens with zero attached hydrogens (tertiary/aromatic N) is 2. The maximum atomic E-state index is 14.1. The summed E-state index contributed by atoms with van der Waals surface area (Å²) in [5.74, 6) is -1.06. The van der Waals surface area contributed by atoms with Crippen LogP contribution in [0.2, 0.25) is 0 Å². The van der Waals surface area contributed by atoms with E-state index in [-0.39, 0.29) is 32.2 Å². The van der Waals surface area contributed by atoms with Crippen LogP contribution in [-0.4, -0.2) is 59.1 Å². The van der Waals surface area contributed by atoms with Gasteiger partial charge in [-0.3, -0.25) is 4.18 Å². The molecule has 0 amide bonds. The van der Waals surface area contributed by atoms with Gasteiger partial charge in [0.25, 0.3) is 10.1 Å². The summed E-state index contributed by atoms with van der Waals surface area (Å²) in [5, 5.41) is 10.6. The molecule has 0 bridgehead atoms. The minimum Gasteiger partial charge on any atom is -0.390 e. The Bertz CT molecular complexity index is 2600. The van der Waals surface area contributed by atoms with E-state index < -0.39 is 54.6 Å². The van der Waals surface area contributed by atoms with E-state index in [1.54, 1.807) is 66.7 Å². The lowest BCUT2D eigenvalue weighted by Gasteiger charge is -2.14. The third kappa shape index (κ3) is 8.20. The zero-order valence-electron chi connectivity index (χ0n) is 26.8. The van der Waals surface area contributed by atoms with Gasteiger partial charge in [0.05, 0.1) is 34.0 Å². The number of sulfone groups is 2. The van der Waals surface area contributed by atoms with Crippen molar-refractivity contribution in [3.8, 4) is 22.3 Å². The van der Waals surface area contributed by atoms with Gasteiger partial charge >= 0.3 is 0 Å². The molecule has 50 heavy (non-hydrogen) atoms. The zero-order chi connectivity index (χ0) is 36.4. The molecule has 4 aromatic carbocycles. The average Bonchev–Trinajstić information content (AvgIpc) is 3.06. The van der Waals surface area contributed by atoms with Crippen molar-refractivity contribution in [3.05, 3.63) is 120 Å². The Morgan fingerprint density at radius 3 is 1.42 bits per heavy atom. The fourth-order valence-corrected chi connectivity index (χ4v) is 7.42. The molecule has 15 heteroatoms. The van der Waals surface area contributed by atoms with Gasteiger partial charge in [0, 0.05) is 45.5 Å². The highest BCUT2D eigenvalue weighted by molar-refractivity contribution is 7.91. The van der Waals surface area contributed by atoms with E-state index in [0.717, 1.165) is 18.8 Å². The zero-order valence-corrected chi connectivity index (χ0v) is 29.3. The first kappa shape index (κ1) is 36.6. The maximum absolute atomic E-state index is 14.1. The first-order valence-corrected chi connectivity index (χ1v) is 20.3. The van der Waals surface area contributed by atoms with Crippen molar-refractivity contribution in [2.75, 3.05) is 18.8 Å². The lowest BCUT2D eigenvalue weighted by Crippen LogP contribution is -2.07. The van der Waals surface area contributed by atoms with E-state index in [4.69, 9.17) is 4.18 Å². The molecule has 0 atom stereocenters. The Morgan fingerprint density at radius 2 is 1.00 bits per heavy atom. The summed E-state index contributed by atoms with van der Waals surface area (Å²) >= 11 is 0. The SMILES string of the molecule is CS(=O)(=O)OCc1nc2c(F)cccc2cc1-c1ccccc1S(C)(=O)=O.CS(=O)(=O)c1ccccc1-c1cc2cccc(F)c2nc1CO. The summed E-state index contributed by atoms with van der Waals surface area (Å²) < 4.78 is 104. The van der Waals surface area contributed by atoms with Crippen LogP contribution in [0.15, 0.2) is 107 Å². The summed E-state index contributed by atoms with van der Waals surface area (Å²) in [4.78, 5) is 8.60. The summed E-state index contributed by atoms with van der Waals surface area (Å²) in [6, 6.07) is 24.9. The summed E-state index contributed by atoms with van der Waals surface area (Å²) in [6.07, 6.45) is 3.09. The monoisotopic (exact) mass is 740 g/mol. The molecule has 0 unspecified atom stereocenters. The molecule has 0 saturated carbocycles. The molecule has 0 radical (unpaired) electrons. The molecular formula is C35H30F2N2O8S3. The van der Waals surface area contributed by atoms with Gasteiger partial charge in [0.15, 0.2) is 19.7 Å². The molecule has 1 N–H and O–H groups in total. The van der Waals surface area contributed by atoms with Crippen molar-refractivity contribution >= 4 is 51.6 Å². The number of aliphatic hydroxyl groups excluding tert-OH is 1. The molecule has 0 aliphatic carbocycles. The molecule has 260 valence electrons. The van der Waals surface area contributed by atoms with Crippen LogP contribution < -0.4 is 0 Å². The predicted octanol–water partition coefficient (Wildman–Crippen LogP) is 5.86. The van der Waals surface area contributed by atoms with E-state index in [9.17, 15) is 39.1 Å². The van der Waals surface area contributed by atoms with Gasteiger partial charge in [-0.1, -0.05) is 60.7 Å². The van der Waals surface area contributed by atoms with Crippen molar-refractivity contribution < 1.29 is 43.3 Å². The number of rotatable bonds is 8. The number of hydrogen-bond acceptors (Lipinski definition) is 10. The van der Waals surface area contributed by atoms with Gasteiger partial charge in [-0.05, 0) is 36.4 Å². The molecule has 0 aliphatic heterocycles. The van der Waals surface area contributed by atoms with Crippen LogP contribution in [0.4, 0.5) is 8.78 Å². The third-order valence-corrected chi connectivity index (χ3v) is 10.3. The number of para-hydroxylation sites is 2. The van der Waals surface area contributed by atoms with E-state index >= 15 is 0 Å². The Labute approximate surface area is 288 Å². The van der Waals surface area contributed by atoms with Gasteiger partial charge in [-0.25, -0.2) is 35.6 Å². The minimum absolute atomic E-state index is 0.0465. The Hall–Kier alpha value is -4.67. The smallest absolute Gasteiger partial charge is 0.264 e. The van der Waals surface area contributed by atoms with Crippen LogP contribution in [0.5, 0.6) is 0 Å². The number of fused-ring (bicyclic) bond motifs is 2. The highest BCUT2D eigenvalue weighted by Gasteiger charge is 2.21. The predicted molar refractivity (Wildman–Crippen MR) is 186 cm³/mol. The number of pyridine rings is 2.